The average molecular weight is 633 g/mol. The van der Waals surface area contributed by atoms with Crippen LogP contribution in [0.2, 0.25) is 0 Å². The summed E-state index contributed by atoms with van der Waals surface area (Å²) in [6.45, 7) is 23.2. The maximum absolute atomic E-state index is 10.0. The number of carbonyl (C=O) groups excluding carboxylic acids is 2. The second kappa shape index (κ2) is 41.0. The van der Waals surface area contributed by atoms with Crippen LogP contribution in [0.15, 0.2) is 0 Å². The van der Waals surface area contributed by atoms with Crippen LogP contribution in [0.4, 0.5) is 0 Å². The minimum Gasteiger partial charge on any atom is -0.300 e. The molecular weight excluding hydrogens is 569 g/mol. The second-order valence-corrected chi connectivity index (χ2v) is 17.4. The van der Waals surface area contributed by atoms with E-state index in [1.807, 2.05) is 13.8 Å². The van der Waals surface area contributed by atoms with Crippen molar-refractivity contribution in [2.45, 2.75) is 95.9 Å². The standard InChI is InChI=1S/C5H12.C4H8O.C4H10.C3H8O2S.C3H8OS.C3H6O.C2H6O2S.C2H6OS/c1-4-5(2)3;1-3-4(2)5;1-4(2)3;1-3-6(2,4)5;1-3-5(2)4;1-3(2)4;1-5(2,3)4;1-4(2)3/h5H,4H2,1-3H3;3H2,1-2H3;4H,1-3H3;3H2,1-2H3;3H2,1-2H3;1-2H3;1-2H3;1-2H3. The van der Waals surface area contributed by atoms with E-state index in [1.165, 1.54) is 26.5 Å². The van der Waals surface area contributed by atoms with Gasteiger partial charge in [-0.15, -0.1) is 0 Å². The second-order valence-electron chi connectivity index (χ2n) is 9.46. The molecule has 1 unspecified atom stereocenters. The van der Waals surface area contributed by atoms with Crippen LogP contribution < -0.4 is 0 Å². The molecule has 0 N–H and O–H groups in total. The Morgan fingerprint density at radius 1 is 0.711 bits per heavy atom. The summed E-state index contributed by atoms with van der Waals surface area (Å²) in [6.07, 6.45) is 10.5. The van der Waals surface area contributed by atoms with Crippen LogP contribution in [0.25, 0.3) is 0 Å². The van der Waals surface area contributed by atoms with Gasteiger partial charge in [-0.3, -0.25) is 8.42 Å². The molecule has 0 aliphatic heterocycles. The minimum absolute atomic E-state index is 0.167. The van der Waals surface area contributed by atoms with Gasteiger partial charge < -0.3 is 9.59 Å². The summed E-state index contributed by atoms with van der Waals surface area (Å²) in [7, 11) is -6.51. The highest BCUT2D eigenvalue weighted by Gasteiger charge is 1.90. The van der Waals surface area contributed by atoms with E-state index in [2.05, 4.69) is 41.5 Å². The zero-order valence-corrected chi connectivity index (χ0v) is 31.1. The van der Waals surface area contributed by atoms with Gasteiger partial charge in [0, 0.05) is 77.1 Å². The van der Waals surface area contributed by atoms with Gasteiger partial charge >= 0.3 is 0 Å². The van der Waals surface area contributed by atoms with Crippen LogP contribution in [0, 0.1) is 11.8 Å². The molecule has 0 amide bonds. The van der Waals surface area contributed by atoms with Gasteiger partial charge in [-0.1, -0.05) is 68.7 Å². The normalized spacial score (nSPS) is 10.1. The fraction of sp³-hybridized carbons (Fsp3) is 0.923. The third kappa shape index (κ3) is 581. The first-order valence-electron chi connectivity index (χ1n) is 12.4. The number of sulfone groups is 2. The molecule has 0 fully saturated rings. The first-order valence-corrected chi connectivity index (χ1v) is 20.5. The van der Waals surface area contributed by atoms with E-state index >= 15 is 0 Å². The van der Waals surface area contributed by atoms with Gasteiger partial charge in [0.05, 0.1) is 0 Å². The Hall–Kier alpha value is -0.460. The van der Waals surface area contributed by atoms with Crippen LogP contribution in [0.3, 0.4) is 0 Å². The van der Waals surface area contributed by atoms with Crippen molar-refractivity contribution < 1.29 is 34.8 Å². The fourth-order valence-electron chi connectivity index (χ4n) is 0. The van der Waals surface area contributed by atoms with Crippen LogP contribution in [-0.4, -0.2) is 85.9 Å². The van der Waals surface area contributed by atoms with Gasteiger partial charge in [-0.05, 0) is 32.6 Å². The van der Waals surface area contributed by atoms with Crippen molar-refractivity contribution in [2.75, 3.05) is 49.0 Å². The number of hydrogen-bond donors (Lipinski definition) is 0. The third-order valence-electron chi connectivity index (χ3n) is 2.25. The summed E-state index contributed by atoms with van der Waals surface area (Å²) in [5.74, 6) is 3.16. The number of carbonyl (C=O) groups is 2. The molecule has 0 saturated heterocycles. The van der Waals surface area contributed by atoms with Crippen LogP contribution in [-0.2, 0) is 50.9 Å². The molecule has 0 rings (SSSR count). The summed E-state index contributed by atoms with van der Waals surface area (Å²) in [6, 6.07) is 0. The van der Waals surface area contributed by atoms with Crippen molar-refractivity contribution in [1.82, 2.24) is 0 Å². The molecule has 12 heteroatoms. The lowest BCUT2D eigenvalue weighted by Gasteiger charge is -1.90. The van der Waals surface area contributed by atoms with E-state index in [1.54, 1.807) is 32.6 Å². The largest absolute Gasteiger partial charge is 0.300 e. The first kappa shape index (κ1) is 57.4. The van der Waals surface area contributed by atoms with E-state index in [9.17, 15) is 34.8 Å². The monoisotopic (exact) mass is 632 g/mol. The lowest BCUT2D eigenvalue weighted by Crippen LogP contribution is -1.96. The summed E-state index contributed by atoms with van der Waals surface area (Å²) in [4.78, 5) is 19.3. The molecule has 0 aromatic rings. The maximum Gasteiger partial charge on any atom is 0.147 e. The molecule has 8 nitrogen and oxygen atoms in total. The van der Waals surface area contributed by atoms with E-state index < -0.39 is 41.3 Å². The Morgan fingerprint density at radius 3 is 0.816 bits per heavy atom. The summed E-state index contributed by atoms with van der Waals surface area (Å²) < 4.78 is 58.7. The van der Waals surface area contributed by atoms with E-state index in [-0.39, 0.29) is 17.3 Å². The predicted octanol–water partition coefficient (Wildman–Crippen LogP) is 5.39. The molecule has 0 spiro atoms. The zero-order chi connectivity index (χ0) is 33.3. The van der Waals surface area contributed by atoms with E-state index in [4.69, 9.17) is 0 Å². The summed E-state index contributed by atoms with van der Waals surface area (Å²) in [5, 5.41) is 0. The first-order chi connectivity index (χ1) is 16.6. The van der Waals surface area contributed by atoms with E-state index in [0.29, 0.717) is 6.42 Å². The van der Waals surface area contributed by atoms with E-state index in [0.717, 1.165) is 30.1 Å². The average Bonchev–Trinajstić information content (AvgIpc) is 2.66. The fourth-order valence-corrected chi connectivity index (χ4v) is 0. The summed E-state index contributed by atoms with van der Waals surface area (Å²) >= 11 is 0. The lowest BCUT2D eigenvalue weighted by atomic mass is 10.2. The Kier molecular flexibility index (Phi) is 62.0. The maximum atomic E-state index is 10.0. The molecule has 0 saturated carbocycles. The molecule has 0 radical (unpaired) electrons. The van der Waals surface area contributed by atoms with Crippen LogP contribution in [0.1, 0.15) is 95.9 Å². The number of rotatable bonds is 4. The highest BCUT2D eigenvalue weighted by Crippen LogP contribution is 1.93. The van der Waals surface area contributed by atoms with Gasteiger partial charge in [0.1, 0.15) is 31.2 Å². The molecule has 38 heavy (non-hydrogen) atoms. The third-order valence-corrected chi connectivity index (χ3v) is 4.11. The van der Waals surface area contributed by atoms with Crippen molar-refractivity contribution >= 4 is 52.8 Å². The number of hydrogen-bond acceptors (Lipinski definition) is 8. The van der Waals surface area contributed by atoms with Gasteiger partial charge in [-0.2, -0.15) is 0 Å². The van der Waals surface area contributed by atoms with Gasteiger partial charge in [0.25, 0.3) is 0 Å². The SMILES string of the molecule is CC(C)=O.CC(C)C.CCC(C)=O.CCC(C)C.CCS(C)(=O)=O.CCS(C)=O.CS(C)(=O)=O.CS(C)=O. The van der Waals surface area contributed by atoms with Crippen LogP contribution in [0.5, 0.6) is 0 Å². The molecule has 0 heterocycles. The van der Waals surface area contributed by atoms with Crippen molar-refractivity contribution in [3.8, 4) is 0 Å². The van der Waals surface area contributed by atoms with Crippen molar-refractivity contribution in [2.24, 2.45) is 11.8 Å². The van der Waals surface area contributed by atoms with Crippen LogP contribution >= 0.6 is 0 Å². The molecule has 0 bridgehead atoms. The Labute approximate surface area is 243 Å². The topological polar surface area (TPSA) is 137 Å². The summed E-state index contributed by atoms with van der Waals surface area (Å²) in [5.41, 5.74) is 0. The van der Waals surface area contributed by atoms with Gasteiger partial charge in [0.2, 0.25) is 0 Å². The Bertz CT molecular complexity index is 696. The molecular formula is C26H64O8S4. The highest BCUT2D eigenvalue weighted by atomic mass is 32.2. The zero-order valence-electron chi connectivity index (χ0n) is 27.9. The smallest absolute Gasteiger partial charge is 0.147 e. The van der Waals surface area contributed by atoms with Crippen molar-refractivity contribution in [3.05, 3.63) is 0 Å². The lowest BCUT2D eigenvalue weighted by molar-refractivity contribution is -0.117. The predicted molar refractivity (Wildman–Crippen MR) is 174 cm³/mol. The molecule has 0 aromatic heterocycles. The number of Topliss-reactive ketones (excluding diaryl/α,β-unsaturated/α-hetero) is 2. The molecule has 0 aliphatic rings. The quantitative estimate of drug-likeness (QED) is 0.403. The van der Waals surface area contributed by atoms with Crippen molar-refractivity contribution in [1.29, 1.82) is 0 Å². The van der Waals surface area contributed by atoms with Crippen molar-refractivity contribution in [3.63, 3.8) is 0 Å². The highest BCUT2D eigenvalue weighted by molar-refractivity contribution is 7.90. The number of ketones is 2. The molecule has 0 aromatic carbocycles. The Morgan fingerprint density at radius 2 is 0.816 bits per heavy atom. The van der Waals surface area contributed by atoms with Gasteiger partial charge in [-0.25, -0.2) is 16.8 Å². The molecule has 0 aliphatic carbocycles. The van der Waals surface area contributed by atoms with Gasteiger partial charge in [0.15, 0.2) is 0 Å². The molecule has 1 atom stereocenters. The molecule has 240 valence electrons. The minimum atomic E-state index is -2.67. The Balaban J connectivity index is -0.0000000453.